The molecule has 9 nitrogen and oxygen atoms in total. The van der Waals surface area contributed by atoms with E-state index in [9.17, 15) is 30.3 Å². The highest BCUT2D eigenvalue weighted by atomic mass is 16.7. The van der Waals surface area contributed by atoms with Gasteiger partial charge in [-0.05, 0) is 64.2 Å². The molecule has 1 aliphatic rings. The van der Waals surface area contributed by atoms with Gasteiger partial charge in [-0.3, -0.25) is 4.79 Å². The van der Waals surface area contributed by atoms with E-state index in [0.29, 0.717) is 12.8 Å². The quantitative estimate of drug-likeness (QED) is 0.0261. The van der Waals surface area contributed by atoms with Crippen LogP contribution < -0.4 is 5.32 Å². The van der Waals surface area contributed by atoms with Gasteiger partial charge >= 0.3 is 0 Å². The molecular weight excluding hydrogens is 875 g/mol. The van der Waals surface area contributed by atoms with Crippen LogP contribution in [0.3, 0.4) is 0 Å². The number of hydrogen-bond donors (Lipinski definition) is 6. The van der Waals surface area contributed by atoms with Crippen LogP contribution in [-0.4, -0.2) is 87.5 Å². The first-order chi connectivity index (χ1) is 34.3. The minimum absolute atomic E-state index is 0.138. The summed E-state index contributed by atoms with van der Waals surface area (Å²) in [7, 11) is 0. The van der Waals surface area contributed by atoms with Gasteiger partial charge in [0.05, 0.1) is 25.4 Å². The number of amides is 1. The highest BCUT2D eigenvalue weighted by Crippen LogP contribution is 2.23. The Hall–Kier alpha value is -2.37. The maximum atomic E-state index is 13.0. The molecular formula is C61H109NO8. The van der Waals surface area contributed by atoms with Crippen molar-refractivity contribution in [1.29, 1.82) is 0 Å². The second-order valence-electron chi connectivity index (χ2n) is 20.1. The molecule has 406 valence electrons. The van der Waals surface area contributed by atoms with Crippen LogP contribution in [0.5, 0.6) is 0 Å². The van der Waals surface area contributed by atoms with Gasteiger partial charge in [0.25, 0.3) is 0 Å². The molecule has 0 aromatic heterocycles. The van der Waals surface area contributed by atoms with Crippen LogP contribution in [0.25, 0.3) is 0 Å². The molecule has 1 rings (SSSR count). The standard InChI is InChI=1S/C61H109NO8/c1-3-5-7-9-11-13-15-16-17-18-19-20-21-22-23-24-25-26-27-28-29-30-31-32-33-34-35-36-37-38-39-40-41-43-45-47-49-51-57(65)62-54(53-69-61-60(68)59(67)58(66)56(52-63)70-61)55(64)50-48-46-44-42-14-12-10-8-6-4-2/h5,7,11,13,16-17,19-20,22-23,25-26,54-56,58-61,63-64,66-68H,3-4,6,8-10,12,14-15,18,21,24,27-53H2,1-2H3,(H,62,65)/b7-5-,13-11-,17-16-,20-19-,23-22-,26-25-. The summed E-state index contributed by atoms with van der Waals surface area (Å²) in [6, 6.07) is -0.718. The molecule has 7 unspecified atom stereocenters. The van der Waals surface area contributed by atoms with Gasteiger partial charge < -0.3 is 40.3 Å². The summed E-state index contributed by atoms with van der Waals surface area (Å²) in [6.07, 6.45) is 62.4. The van der Waals surface area contributed by atoms with Crippen LogP contribution in [0.15, 0.2) is 72.9 Å². The molecule has 9 heteroatoms. The fourth-order valence-electron chi connectivity index (χ4n) is 8.99. The third kappa shape index (κ3) is 39.2. The van der Waals surface area contributed by atoms with Crippen molar-refractivity contribution >= 4 is 5.91 Å². The molecule has 0 radical (unpaired) electrons. The zero-order valence-corrected chi connectivity index (χ0v) is 45.0. The van der Waals surface area contributed by atoms with Crippen LogP contribution in [0, 0.1) is 0 Å². The van der Waals surface area contributed by atoms with Crippen LogP contribution >= 0.6 is 0 Å². The van der Waals surface area contributed by atoms with E-state index >= 15 is 0 Å². The molecule has 1 amide bonds. The van der Waals surface area contributed by atoms with Crippen molar-refractivity contribution in [1.82, 2.24) is 5.32 Å². The number of rotatable bonds is 49. The maximum Gasteiger partial charge on any atom is 0.220 e. The number of nitrogens with one attached hydrogen (secondary N) is 1. The number of carbonyl (C=O) groups excluding carboxylic acids is 1. The second kappa shape index (κ2) is 50.2. The molecule has 0 aromatic carbocycles. The SMILES string of the molecule is CC/C=C\C/C=C\C/C=C\C/C=C\C/C=C\C/C=C\CCCCCCCCCCCCCCCCCCCCC(=O)NC(COC1OC(CO)C(O)C(O)C1O)C(O)CCCCCCCCCCCC. The average molecular weight is 985 g/mol. The van der Waals surface area contributed by atoms with Gasteiger partial charge in [-0.25, -0.2) is 0 Å². The lowest BCUT2D eigenvalue weighted by molar-refractivity contribution is -0.302. The number of allylic oxidation sites excluding steroid dienone is 12. The zero-order valence-electron chi connectivity index (χ0n) is 45.0. The monoisotopic (exact) mass is 984 g/mol. The Morgan fingerprint density at radius 2 is 0.886 bits per heavy atom. The van der Waals surface area contributed by atoms with E-state index < -0.39 is 49.5 Å². The zero-order chi connectivity index (χ0) is 50.8. The molecule has 7 atom stereocenters. The second-order valence-corrected chi connectivity index (χ2v) is 20.1. The van der Waals surface area contributed by atoms with E-state index in [1.165, 1.54) is 148 Å². The van der Waals surface area contributed by atoms with Crippen molar-refractivity contribution in [2.75, 3.05) is 13.2 Å². The molecule has 1 saturated heterocycles. The van der Waals surface area contributed by atoms with Crippen molar-refractivity contribution in [3.05, 3.63) is 72.9 Å². The van der Waals surface area contributed by atoms with Crippen molar-refractivity contribution in [3.63, 3.8) is 0 Å². The van der Waals surface area contributed by atoms with E-state index in [2.05, 4.69) is 92.1 Å². The predicted molar refractivity (Wildman–Crippen MR) is 295 cm³/mol. The van der Waals surface area contributed by atoms with Gasteiger partial charge in [-0.1, -0.05) is 254 Å². The lowest BCUT2D eigenvalue weighted by Gasteiger charge is -2.40. The first-order valence-corrected chi connectivity index (χ1v) is 29.1. The molecule has 6 N–H and O–H groups in total. The minimum atomic E-state index is -1.55. The van der Waals surface area contributed by atoms with E-state index in [-0.39, 0.29) is 12.5 Å². The molecule has 0 bridgehead atoms. The summed E-state index contributed by atoms with van der Waals surface area (Å²) in [5, 5.41) is 54.4. The highest BCUT2D eigenvalue weighted by Gasteiger charge is 2.44. The third-order valence-corrected chi connectivity index (χ3v) is 13.6. The van der Waals surface area contributed by atoms with Crippen molar-refractivity contribution < 1.29 is 39.8 Å². The number of aliphatic hydroxyl groups is 5. The number of carbonyl (C=O) groups is 1. The molecule has 0 aromatic rings. The van der Waals surface area contributed by atoms with Gasteiger partial charge in [0, 0.05) is 6.42 Å². The number of unbranched alkanes of at least 4 members (excludes halogenated alkanes) is 27. The minimum Gasteiger partial charge on any atom is -0.394 e. The fraction of sp³-hybridized carbons (Fsp3) is 0.787. The smallest absolute Gasteiger partial charge is 0.220 e. The Morgan fingerprint density at radius 1 is 0.500 bits per heavy atom. The summed E-state index contributed by atoms with van der Waals surface area (Å²) in [5.74, 6) is -0.145. The molecule has 1 heterocycles. The molecule has 70 heavy (non-hydrogen) atoms. The van der Waals surface area contributed by atoms with Crippen molar-refractivity contribution in [2.24, 2.45) is 0 Å². The topological polar surface area (TPSA) is 149 Å². The van der Waals surface area contributed by atoms with Crippen molar-refractivity contribution in [2.45, 2.75) is 294 Å². The van der Waals surface area contributed by atoms with Crippen LogP contribution in [0.1, 0.15) is 251 Å². The first kappa shape index (κ1) is 65.6. The number of ether oxygens (including phenoxy) is 2. The summed E-state index contributed by atoms with van der Waals surface area (Å²) in [5.41, 5.74) is 0. The van der Waals surface area contributed by atoms with Crippen LogP contribution in [0.4, 0.5) is 0 Å². The Bertz CT molecular complexity index is 1330. The maximum absolute atomic E-state index is 13.0. The molecule has 0 aliphatic carbocycles. The van der Waals surface area contributed by atoms with Crippen LogP contribution in [-0.2, 0) is 14.3 Å². The summed E-state index contributed by atoms with van der Waals surface area (Å²) >= 11 is 0. The van der Waals surface area contributed by atoms with E-state index in [4.69, 9.17) is 9.47 Å². The average Bonchev–Trinajstić information content (AvgIpc) is 3.36. The number of hydrogen-bond acceptors (Lipinski definition) is 8. The Kier molecular flexibility index (Phi) is 47.1. The molecule has 0 saturated carbocycles. The molecule has 1 fully saturated rings. The number of aliphatic hydroxyl groups excluding tert-OH is 5. The third-order valence-electron chi connectivity index (χ3n) is 13.6. The van der Waals surface area contributed by atoms with Gasteiger partial charge in [0.1, 0.15) is 24.4 Å². The largest absolute Gasteiger partial charge is 0.394 e. The van der Waals surface area contributed by atoms with Gasteiger partial charge in [0.15, 0.2) is 6.29 Å². The van der Waals surface area contributed by atoms with Gasteiger partial charge in [-0.2, -0.15) is 0 Å². The summed E-state index contributed by atoms with van der Waals surface area (Å²) in [6.45, 7) is 3.71. The summed E-state index contributed by atoms with van der Waals surface area (Å²) in [4.78, 5) is 13.0. The van der Waals surface area contributed by atoms with E-state index in [1.807, 2.05) is 0 Å². The first-order valence-electron chi connectivity index (χ1n) is 29.1. The lowest BCUT2D eigenvalue weighted by atomic mass is 9.99. The molecule has 0 spiro atoms. The fourth-order valence-corrected chi connectivity index (χ4v) is 8.99. The molecule has 1 aliphatic heterocycles. The van der Waals surface area contributed by atoms with E-state index in [0.717, 1.165) is 77.0 Å². The van der Waals surface area contributed by atoms with Crippen molar-refractivity contribution in [3.8, 4) is 0 Å². The predicted octanol–water partition coefficient (Wildman–Crippen LogP) is 14.5. The Balaban J connectivity index is 2.05. The Morgan fingerprint density at radius 3 is 1.31 bits per heavy atom. The van der Waals surface area contributed by atoms with Gasteiger partial charge in [-0.15, -0.1) is 0 Å². The highest BCUT2D eigenvalue weighted by molar-refractivity contribution is 5.76. The Labute approximate surface area is 429 Å². The lowest BCUT2D eigenvalue weighted by Crippen LogP contribution is -2.60. The summed E-state index contributed by atoms with van der Waals surface area (Å²) < 4.78 is 11.3. The van der Waals surface area contributed by atoms with E-state index in [1.54, 1.807) is 0 Å². The normalized spacial score (nSPS) is 19.9. The van der Waals surface area contributed by atoms with Crippen LogP contribution in [0.2, 0.25) is 0 Å². The van der Waals surface area contributed by atoms with Gasteiger partial charge in [0.2, 0.25) is 5.91 Å².